The molecule has 1 aliphatic carbocycles. The summed E-state index contributed by atoms with van der Waals surface area (Å²) in [4.78, 5) is 16.4. The molecule has 1 saturated heterocycles. The maximum Gasteiger partial charge on any atom is 0.223 e. The number of nitrogens with zero attached hydrogens (tertiary/aromatic N) is 2. The van der Waals surface area contributed by atoms with Crippen LogP contribution in [-0.4, -0.2) is 62.0 Å². The first-order valence-corrected chi connectivity index (χ1v) is 8.43. The lowest BCUT2D eigenvalue weighted by molar-refractivity contribution is -0.132. The lowest BCUT2D eigenvalue weighted by atomic mass is 9.87. The van der Waals surface area contributed by atoms with Crippen molar-refractivity contribution in [1.82, 2.24) is 15.1 Å². The molecule has 5 heteroatoms. The van der Waals surface area contributed by atoms with Gasteiger partial charge in [0.2, 0.25) is 5.91 Å². The van der Waals surface area contributed by atoms with Gasteiger partial charge in [0.25, 0.3) is 0 Å². The molecule has 1 aliphatic heterocycles. The highest BCUT2D eigenvalue weighted by atomic mass is 35.5. The van der Waals surface area contributed by atoms with E-state index in [9.17, 15) is 4.79 Å². The van der Waals surface area contributed by atoms with Gasteiger partial charge in [0.1, 0.15) is 0 Å². The molecule has 0 aromatic carbocycles. The Kier molecular flexibility index (Phi) is 9.29. The van der Waals surface area contributed by atoms with Crippen LogP contribution in [0.3, 0.4) is 0 Å². The molecule has 0 radical (unpaired) electrons. The van der Waals surface area contributed by atoms with Gasteiger partial charge in [-0.1, -0.05) is 32.1 Å². The summed E-state index contributed by atoms with van der Waals surface area (Å²) < 4.78 is 0. The normalized spacial score (nSPS) is 20.4. The third-order valence-electron chi connectivity index (χ3n) is 4.82. The number of carbonyl (C=O) groups excluding carboxylic acids is 1. The third-order valence-corrected chi connectivity index (χ3v) is 4.82. The van der Waals surface area contributed by atoms with E-state index in [1.165, 1.54) is 38.5 Å². The molecular weight excluding hydrogens is 286 g/mol. The second-order valence-electron chi connectivity index (χ2n) is 6.48. The number of hydrogen-bond acceptors (Lipinski definition) is 3. The Labute approximate surface area is 136 Å². The molecule has 0 spiro atoms. The largest absolute Gasteiger partial charge is 0.340 e. The minimum Gasteiger partial charge on any atom is -0.340 e. The van der Waals surface area contributed by atoms with Gasteiger partial charge in [0.15, 0.2) is 0 Å². The van der Waals surface area contributed by atoms with Crippen LogP contribution in [0.2, 0.25) is 0 Å². The summed E-state index contributed by atoms with van der Waals surface area (Å²) in [5, 5.41) is 3.29. The fourth-order valence-electron chi connectivity index (χ4n) is 3.35. The number of amides is 1. The molecule has 1 saturated carbocycles. The molecule has 0 atom stereocenters. The van der Waals surface area contributed by atoms with E-state index in [1.807, 2.05) is 4.90 Å². The first-order valence-electron chi connectivity index (χ1n) is 8.43. The molecule has 2 fully saturated rings. The Balaban J connectivity index is 0.00000220. The first-order chi connectivity index (χ1) is 9.75. The highest BCUT2D eigenvalue weighted by molar-refractivity contribution is 5.85. The van der Waals surface area contributed by atoms with Gasteiger partial charge < -0.3 is 15.1 Å². The monoisotopic (exact) mass is 317 g/mol. The van der Waals surface area contributed by atoms with Gasteiger partial charge in [-0.2, -0.15) is 0 Å². The van der Waals surface area contributed by atoms with Gasteiger partial charge in [0.05, 0.1) is 0 Å². The fourth-order valence-corrected chi connectivity index (χ4v) is 3.35. The minimum absolute atomic E-state index is 0. The summed E-state index contributed by atoms with van der Waals surface area (Å²) in [5.74, 6) is 1.27. The molecular formula is C16H32ClN3O. The number of nitrogens with one attached hydrogen (secondary N) is 1. The van der Waals surface area contributed by atoms with E-state index < -0.39 is 0 Å². The zero-order valence-corrected chi connectivity index (χ0v) is 14.3. The Morgan fingerprint density at radius 3 is 2.48 bits per heavy atom. The quantitative estimate of drug-likeness (QED) is 0.815. The molecule has 2 rings (SSSR count). The molecule has 4 nitrogen and oxygen atoms in total. The number of halogens is 1. The summed E-state index contributed by atoms with van der Waals surface area (Å²) in [6.45, 7) is 5.72. The first kappa shape index (κ1) is 18.7. The van der Waals surface area contributed by atoms with Crippen LogP contribution in [0.4, 0.5) is 0 Å². The molecule has 1 amide bonds. The minimum atomic E-state index is 0. The zero-order valence-electron chi connectivity index (χ0n) is 13.5. The van der Waals surface area contributed by atoms with E-state index in [4.69, 9.17) is 0 Å². The van der Waals surface area contributed by atoms with Gasteiger partial charge in [-0.05, 0) is 25.9 Å². The third kappa shape index (κ3) is 6.98. The molecule has 124 valence electrons. The number of hydrogen-bond donors (Lipinski definition) is 1. The molecule has 2 aliphatic rings. The summed E-state index contributed by atoms with van der Waals surface area (Å²) in [5.41, 5.74) is 0. The summed E-state index contributed by atoms with van der Waals surface area (Å²) in [6, 6.07) is 0. The van der Waals surface area contributed by atoms with Crippen molar-refractivity contribution in [3.63, 3.8) is 0 Å². The van der Waals surface area contributed by atoms with Gasteiger partial charge >= 0.3 is 0 Å². The molecule has 21 heavy (non-hydrogen) atoms. The van der Waals surface area contributed by atoms with E-state index in [0.717, 1.165) is 45.2 Å². The van der Waals surface area contributed by atoms with Gasteiger partial charge in [-0.3, -0.25) is 4.79 Å². The van der Waals surface area contributed by atoms with Gasteiger partial charge in [-0.25, -0.2) is 0 Å². The van der Waals surface area contributed by atoms with Crippen LogP contribution in [0.5, 0.6) is 0 Å². The van der Waals surface area contributed by atoms with E-state index in [1.54, 1.807) is 0 Å². The summed E-state index contributed by atoms with van der Waals surface area (Å²) >= 11 is 0. The van der Waals surface area contributed by atoms with Crippen molar-refractivity contribution in [2.24, 2.45) is 5.92 Å². The SMILES string of the molecule is CN(CCC(=O)N1CCNCC1)CCC1CCCCC1.Cl. The number of piperazine rings is 1. The van der Waals surface area contributed by atoms with Crippen molar-refractivity contribution < 1.29 is 4.79 Å². The highest BCUT2D eigenvalue weighted by Crippen LogP contribution is 2.26. The van der Waals surface area contributed by atoms with E-state index in [-0.39, 0.29) is 12.4 Å². The summed E-state index contributed by atoms with van der Waals surface area (Å²) in [6.07, 6.45) is 9.14. The zero-order chi connectivity index (χ0) is 14.2. The lowest BCUT2D eigenvalue weighted by Gasteiger charge is -2.28. The second kappa shape index (κ2) is 10.4. The van der Waals surface area contributed by atoms with Crippen molar-refractivity contribution in [2.45, 2.75) is 44.9 Å². The van der Waals surface area contributed by atoms with Crippen molar-refractivity contribution in [2.75, 3.05) is 46.3 Å². The Morgan fingerprint density at radius 1 is 1.14 bits per heavy atom. The van der Waals surface area contributed by atoms with Crippen LogP contribution >= 0.6 is 12.4 Å². The highest BCUT2D eigenvalue weighted by Gasteiger charge is 2.17. The van der Waals surface area contributed by atoms with Crippen molar-refractivity contribution in [3.8, 4) is 0 Å². The Hall–Kier alpha value is -0.320. The van der Waals surface area contributed by atoms with Crippen molar-refractivity contribution in [3.05, 3.63) is 0 Å². The maximum absolute atomic E-state index is 12.1. The molecule has 0 bridgehead atoms. The summed E-state index contributed by atoms with van der Waals surface area (Å²) in [7, 11) is 2.16. The molecule has 0 unspecified atom stereocenters. The van der Waals surface area contributed by atoms with E-state index in [2.05, 4.69) is 17.3 Å². The van der Waals surface area contributed by atoms with Crippen LogP contribution in [0.25, 0.3) is 0 Å². The smallest absolute Gasteiger partial charge is 0.223 e. The van der Waals surface area contributed by atoms with Gasteiger partial charge in [-0.15, -0.1) is 12.4 Å². The van der Waals surface area contributed by atoms with Gasteiger partial charge in [0, 0.05) is 39.1 Å². The maximum atomic E-state index is 12.1. The lowest BCUT2D eigenvalue weighted by Crippen LogP contribution is -2.47. The second-order valence-corrected chi connectivity index (χ2v) is 6.48. The Bertz CT molecular complexity index is 289. The molecule has 0 aromatic rings. The van der Waals surface area contributed by atoms with Crippen LogP contribution in [-0.2, 0) is 4.79 Å². The molecule has 0 aromatic heterocycles. The molecule has 1 N–H and O–H groups in total. The van der Waals surface area contributed by atoms with Crippen LogP contribution in [0.1, 0.15) is 44.9 Å². The predicted molar refractivity (Wildman–Crippen MR) is 90.0 cm³/mol. The average Bonchev–Trinajstić information content (AvgIpc) is 2.52. The topological polar surface area (TPSA) is 35.6 Å². The van der Waals surface area contributed by atoms with Crippen LogP contribution in [0, 0.1) is 5.92 Å². The van der Waals surface area contributed by atoms with E-state index in [0.29, 0.717) is 12.3 Å². The fraction of sp³-hybridized carbons (Fsp3) is 0.938. The van der Waals surface area contributed by atoms with Crippen LogP contribution < -0.4 is 5.32 Å². The Morgan fingerprint density at radius 2 is 1.81 bits per heavy atom. The van der Waals surface area contributed by atoms with E-state index >= 15 is 0 Å². The molecule has 1 heterocycles. The predicted octanol–water partition coefficient (Wildman–Crippen LogP) is 2.13. The number of rotatable bonds is 6. The van der Waals surface area contributed by atoms with Crippen molar-refractivity contribution >= 4 is 18.3 Å². The van der Waals surface area contributed by atoms with Crippen LogP contribution in [0.15, 0.2) is 0 Å². The number of carbonyl (C=O) groups is 1. The van der Waals surface area contributed by atoms with Crippen molar-refractivity contribution in [1.29, 1.82) is 0 Å². The average molecular weight is 318 g/mol. The standard InChI is InChI=1S/C16H31N3O.ClH/c1-18(11-7-15-5-3-2-4-6-15)12-8-16(20)19-13-9-17-10-14-19;/h15,17H,2-14H2,1H3;1H.